The van der Waals surface area contributed by atoms with E-state index in [0.29, 0.717) is 68.7 Å². The number of aryl methyl sites for hydroxylation is 1. The van der Waals surface area contributed by atoms with Gasteiger partial charge in [0.15, 0.2) is 17.2 Å². The molecule has 0 radical (unpaired) electrons. The third kappa shape index (κ3) is 7.96. The highest BCUT2D eigenvalue weighted by atomic mass is 35.5. The summed E-state index contributed by atoms with van der Waals surface area (Å²) in [6.07, 6.45) is 4.82. The number of rotatable bonds is 11. The quantitative estimate of drug-likeness (QED) is 0.114. The molecule has 16 heteroatoms. The second-order valence-electron chi connectivity index (χ2n) is 17.6. The summed E-state index contributed by atoms with van der Waals surface area (Å²) in [6.45, 7) is 3.37. The number of nitrogens with zero attached hydrogens (tertiary/aromatic N) is 3. The molecule has 3 aliphatic heterocycles. The van der Waals surface area contributed by atoms with E-state index >= 15 is 8.78 Å². The largest absolute Gasteiger partial charge is 0.494 e. The van der Waals surface area contributed by atoms with Crippen LogP contribution in [-0.4, -0.2) is 77.2 Å². The minimum atomic E-state index is -1.09. The van der Waals surface area contributed by atoms with Gasteiger partial charge in [0, 0.05) is 92.0 Å². The maximum atomic E-state index is 16.2. The summed E-state index contributed by atoms with van der Waals surface area (Å²) in [5, 5.41) is 11.3. The number of likely N-dealkylation sites (tertiary alicyclic amines) is 1. The number of hydrogen-bond donors (Lipinski definition) is 3. The van der Waals surface area contributed by atoms with Crippen molar-refractivity contribution in [3.8, 4) is 28.4 Å². The Labute approximate surface area is 379 Å². The number of ether oxygens (including phenoxy) is 3. The summed E-state index contributed by atoms with van der Waals surface area (Å²) in [7, 11) is 3.12. The number of methoxy groups -OCH3 is 1. The highest BCUT2D eigenvalue weighted by Crippen LogP contribution is 2.56. The third-order valence-electron chi connectivity index (χ3n) is 14.0. The number of imide groups is 1. The second kappa shape index (κ2) is 17.7. The molecule has 4 amide bonds. The van der Waals surface area contributed by atoms with Gasteiger partial charge in [-0.3, -0.25) is 29.2 Å². The number of primary amides is 1. The van der Waals surface area contributed by atoms with Gasteiger partial charge in [0.25, 0.3) is 0 Å². The predicted molar refractivity (Wildman–Crippen MR) is 239 cm³/mol. The Balaban J connectivity index is 0.854. The number of nitrogens with one attached hydrogen (secondary N) is 2. The van der Waals surface area contributed by atoms with Crippen molar-refractivity contribution in [2.45, 2.75) is 87.9 Å². The molecular weight excluding hydrogens is 858 g/mol. The summed E-state index contributed by atoms with van der Waals surface area (Å²) < 4.78 is 52.3. The van der Waals surface area contributed by atoms with Gasteiger partial charge < -0.3 is 30.2 Å². The van der Waals surface area contributed by atoms with Crippen molar-refractivity contribution >= 4 is 46.1 Å². The highest BCUT2D eigenvalue weighted by molar-refractivity contribution is 6.34. The molecule has 4 heterocycles. The number of nitrogens with two attached hydrogens (primary N) is 1. The molecule has 9 rings (SSSR count). The van der Waals surface area contributed by atoms with Gasteiger partial charge in [-0.05, 0) is 55.9 Å². The number of fused-ring (bicyclic) bond motifs is 2. The zero-order valence-corrected chi connectivity index (χ0v) is 37.2. The number of carbonyl (C=O) groups excluding carboxylic acids is 4. The van der Waals surface area contributed by atoms with Crippen molar-refractivity contribution in [2.24, 2.45) is 18.7 Å². The molecule has 0 spiro atoms. The normalized spacial score (nSPS) is 23.5. The maximum Gasteiger partial charge on any atom is 0.249 e. The van der Waals surface area contributed by atoms with Crippen LogP contribution in [0, 0.1) is 17.6 Å². The fraction of sp³-hybridized carbons (Fsp3) is 0.408. The third-order valence-corrected chi connectivity index (χ3v) is 14.3. The predicted octanol–water partition coefficient (Wildman–Crippen LogP) is 7.41. The van der Waals surface area contributed by atoms with Gasteiger partial charge in [-0.25, -0.2) is 8.78 Å². The lowest BCUT2D eigenvalue weighted by Gasteiger charge is -2.38. The van der Waals surface area contributed by atoms with Gasteiger partial charge in [-0.2, -0.15) is 5.10 Å². The molecule has 3 atom stereocenters. The van der Waals surface area contributed by atoms with Gasteiger partial charge in [-0.1, -0.05) is 61.0 Å². The lowest BCUT2D eigenvalue weighted by Crippen LogP contribution is -2.49. The average Bonchev–Trinajstić information content (AvgIpc) is 3.79. The lowest BCUT2D eigenvalue weighted by atomic mass is 9.77. The van der Waals surface area contributed by atoms with Crippen LogP contribution in [0.15, 0.2) is 66.7 Å². The van der Waals surface area contributed by atoms with Crippen molar-refractivity contribution in [3.63, 3.8) is 0 Å². The molecule has 5 aromatic rings. The van der Waals surface area contributed by atoms with E-state index in [0.717, 1.165) is 29.3 Å². The molecule has 340 valence electrons. The van der Waals surface area contributed by atoms with Crippen LogP contribution >= 0.6 is 11.6 Å². The minimum Gasteiger partial charge on any atom is -0.494 e. The smallest absolute Gasteiger partial charge is 0.249 e. The van der Waals surface area contributed by atoms with Crippen LogP contribution in [0.1, 0.15) is 97.3 Å². The van der Waals surface area contributed by atoms with Crippen LogP contribution in [-0.2, 0) is 27.0 Å². The van der Waals surface area contributed by atoms with E-state index in [1.807, 2.05) is 67.4 Å². The molecule has 1 aliphatic carbocycles. The topological polar surface area (TPSA) is 167 Å². The number of piperidine rings is 2. The first-order valence-electron chi connectivity index (χ1n) is 22.2. The standard InChI is InChI=1S/C49H51ClF2N6O7/c1-26-39-37(24-34(51)42(50)41(39)40-31(46(53)60)16-18-35(63-3)43(40)52)65-49(26,28-8-5-4-6-9-28)25-54-29-14-12-27(13-15-29)48(62)58-22-20-30(21-23-58)64-36-11-7-10-32-44(56-57(2)45(32)36)33-17-19-38(59)55-47(33)61/h4-11,16,18,24,26-27,29-30,33,54H,12-15,17,19-23,25H2,1-3H3,(H2,53,60)(H,55,59,61)/t26-,27?,29?,33?,49-/m0/s1. The summed E-state index contributed by atoms with van der Waals surface area (Å²) in [5.74, 6) is -3.57. The van der Waals surface area contributed by atoms with Gasteiger partial charge in [0.2, 0.25) is 23.6 Å². The Morgan fingerprint density at radius 3 is 2.40 bits per heavy atom. The van der Waals surface area contributed by atoms with Crippen LogP contribution in [0.3, 0.4) is 0 Å². The van der Waals surface area contributed by atoms with Gasteiger partial charge >= 0.3 is 0 Å². The monoisotopic (exact) mass is 908 g/mol. The molecule has 4 N–H and O–H groups in total. The summed E-state index contributed by atoms with van der Waals surface area (Å²) in [5.41, 5.74) is 6.86. The molecule has 1 saturated carbocycles. The van der Waals surface area contributed by atoms with Crippen molar-refractivity contribution in [1.29, 1.82) is 0 Å². The Bertz CT molecular complexity index is 2700. The Morgan fingerprint density at radius 1 is 0.969 bits per heavy atom. The van der Waals surface area contributed by atoms with E-state index in [1.54, 1.807) is 4.68 Å². The molecule has 3 fully saturated rings. The minimum absolute atomic E-state index is 0.0156. The SMILES string of the molecule is COc1ccc(C(N)=O)c(-c2c(Cl)c(F)cc3c2[C@H](C)[C@@](CNC2CCC(C(=O)N4CCC(Oc5cccc6c(C7CCC(=O)NC7=O)nn(C)c56)CC4)CC2)(c2ccccc2)O3)c1F. The van der Waals surface area contributed by atoms with E-state index < -0.39 is 35.0 Å². The summed E-state index contributed by atoms with van der Waals surface area (Å²) in [4.78, 5) is 53.0. The van der Waals surface area contributed by atoms with Crippen LogP contribution in [0.2, 0.25) is 5.02 Å². The second-order valence-corrected chi connectivity index (χ2v) is 18.0. The van der Waals surface area contributed by atoms with E-state index in [-0.39, 0.29) is 75.4 Å². The van der Waals surface area contributed by atoms with E-state index in [9.17, 15) is 19.2 Å². The van der Waals surface area contributed by atoms with E-state index in [2.05, 4.69) is 15.7 Å². The zero-order chi connectivity index (χ0) is 45.7. The lowest BCUT2D eigenvalue weighted by molar-refractivity contribution is -0.138. The molecule has 4 aliphatic rings. The van der Waals surface area contributed by atoms with Crippen molar-refractivity contribution in [2.75, 3.05) is 26.7 Å². The number of carbonyl (C=O) groups is 4. The fourth-order valence-electron chi connectivity index (χ4n) is 10.5. The van der Waals surface area contributed by atoms with E-state index in [4.69, 9.17) is 31.5 Å². The number of halogens is 3. The molecule has 1 aromatic heterocycles. The molecule has 4 aromatic carbocycles. The average molecular weight is 909 g/mol. The number of amides is 4. The van der Waals surface area contributed by atoms with Crippen molar-refractivity contribution in [3.05, 3.63) is 106 Å². The summed E-state index contributed by atoms with van der Waals surface area (Å²) in [6, 6.07) is 19.2. The number of benzene rings is 4. The maximum absolute atomic E-state index is 16.2. The molecular formula is C49H51ClF2N6O7. The van der Waals surface area contributed by atoms with Crippen LogP contribution in [0.5, 0.6) is 17.2 Å². The van der Waals surface area contributed by atoms with Crippen LogP contribution in [0.25, 0.3) is 22.0 Å². The summed E-state index contributed by atoms with van der Waals surface area (Å²) >= 11 is 6.68. The molecule has 2 saturated heterocycles. The zero-order valence-electron chi connectivity index (χ0n) is 36.4. The Kier molecular flexibility index (Phi) is 12.0. The van der Waals surface area contributed by atoms with Crippen LogP contribution in [0.4, 0.5) is 8.78 Å². The molecule has 1 unspecified atom stereocenters. The van der Waals surface area contributed by atoms with Gasteiger partial charge in [-0.15, -0.1) is 0 Å². The Hall–Kier alpha value is -6.06. The van der Waals surface area contributed by atoms with Crippen molar-refractivity contribution < 1.29 is 42.2 Å². The van der Waals surface area contributed by atoms with Gasteiger partial charge in [0.1, 0.15) is 28.9 Å². The van der Waals surface area contributed by atoms with E-state index in [1.165, 1.54) is 25.3 Å². The fourth-order valence-corrected chi connectivity index (χ4v) is 10.7. The first-order chi connectivity index (χ1) is 31.3. The molecule has 0 bridgehead atoms. The van der Waals surface area contributed by atoms with Crippen molar-refractivity contribution in [1.82, 2.24) is 25.3 Å². The highest BCUT2D eigenvalue weighted by Gasteiger charge is 2.50. The van der Waals surface area contributed by atoms with Gasteiger partial charge in [0.05, 0.1) is 29.3 Å². The number of para-hydroxylation sites is 1. The van der Waals surface area contributed by atoms with Crippen LogP contribution < -0.4 is 30.6 Å². The first-order valence-corrected chi connectivity index (χ1v) is 22.6. The number of aromatic nitrogens is 2. The molecule has 65 heavy (non-hydrogen) atoms. The number of hydrogen-bond acceptors (Lipinski definition) is 9. The first kappa shape index (κ1) is 44.2. The Morgan fingerprint density at radius 2 is 1.71 bits per heavy atom. The molecule has 13 nitrogen and oxygen atoms in total.